The molecule has 31 heavy (non-hydrogen) atoms. The third kappa shape index (κ3) is 4.17. The van der Waals surface area contributed by atoms with Crippen molar-refractivity contribution in [3.05, 3.63) is 71.8 Å². The van der Waals surface area contributed by atoms with E-state index in [0.717, 1.165) is 28.4 Å². The van der Waals surface area contributed by atoms with Gasteiger partial charge in [0.15, 0.2) is 0 Å². The van der Waals surface area contributed by atoms with Gasteiger partial charge >= 0.3 is 0 Å². The van der Waals surface area contributed by atoms with Gasteiger partial charge in [0.25, 0.3) is 0 Å². The number of aromatic nitrogens is 1. The number of anilines is 1. The molecule has 3 aromatic carbocycles. The first kappa shape index (κ1) is 21.4. The number of nitrogens with zero attached hydrogens (tertiary/aromatic N) is 1. The standard InChI is InChI=1S/C23H22ClN3O3S/c1-3-27-21-7-5-4-6-19(21)20-14-17(10-13-22(20)27)25-23(28)15(2)26-31(29,30)18-11-8-16(24)9-12-18/h4-15,26H,3H2,1-2H3,(H,25,28)/t15-/m1/s1. The average molecular weight is 456 g/mol. The summed E-state index contributed by atoms with van der Waals surface area (Å²) in [5, 5.41) is 5.38. The van der Waals surface area contributed by atoms with Crippen LogP contribution in [0.1, 0.15) is 13.8 Å². The Bertz CT molecular complexity index is 1380. The molecule has 1 heterocycles. The minimum Gasteiger partial charge on any atom is -0.341 e. The molecule has 0 aliphatic carbocycles. The lowest BCUT2D eigenvalue weighted by molar-refractivity contribution is -0.117. The van der Waals surface area contributed by atoms with Crippen molar-refractivity contribution in [2.45, 2.75) is 31.3 Å². The smallest absolute Gasteiger partial charge is 0.242 e. The number of rotatable bonds is 6. The average Bonchev–Trinajstić information content (AvgIpc) is 3.06. The van der Waals surface area contributed by atoms with Crippen LogP contribution in [-0.2, 0) is 21.4 Å². The highest BCUT2D eigenvalue weighted by Crippen LogP contribution is 2.31. The van der Waals surface area contributed by atoms with E-state index < -0.39 is 22.0 Å². The van der Waals surface area contributed by atoms with Gasteiger partial charge in [-0.05, 0) is 62.4 Å². The van der Waals surface area contributed by atoms with Crippen LogP contribution < -0.4 is 10.0 Å². The molecule has 0 unspecified atom stereocenters. The Balaban J connectivity index is 1.56. The van der Waals surface area contributed by atoms with E-state index in [0.29, 0.717) is 10.7 Å². The van der Waals surface area contributed by atoms with E-state index in [-0.39, 0.29) is 4.90 Å². The molecule has 0 saturated carbocycles. The number of benzene rings is 3. The number of aryl methyl sites for hydroxylation is 1. The van der Waals surface area contributed by atoms with Crippen molar-refractivity contribution in [1.29, 1.82) is 0 Å². The van der Waals surface area contributed by atoms with Crippen LogP contribution in [0.25, 0.3) is 21.8 Å². The number of fused-ring (bicyclic) bond motifs is 3. The van der Waals surface area contributed by atoms with Gasteiger partial charge < -0.3 is 9.88 Å². The Morgan fingerprint density at radius 3 is 2.39 bits per heavy atom. The maximum Gasteiger partial charge on any atom is 0.242 e. The number of sulfonamides is 1. The molecule has 0 fully saturated rings. The first-order valence-electron chi connectivity index (χ1n) is 9.90. The molecule has 8 heteroatoms. The van der Waals surface area contributed by atoms with Crippen molar-refractivity contribution < 1.29 is 13.2 Å². The number of halogens is 1. The van der Waals surface area contributed by atoms with Crippen LogP contribution in [0.3, 0.4) is 0 Å². The maximum absolute atomic E-state index is 12.7. The molecule has 0 radical (unpaired) electrons. The van der Waals surface area contributed by atoms with E-state index in [2.05, 4.69) is 33.7 Å². The molecule has 4 aromatic rings. The van der Waals surface area contributed by atoms with Crippen molar-refractivity contribution in [2.24, 2.45) is 0 Å². The predicted molar refractivity (Wildman–Crippen MR) is 125 cm³/mol. The summed E-state index contributed by atoms with van der Waals surface area (Å²) >= 11 is 5.82. The molecule has 6 nitrogen and oxygen atoms in total. The lowest BCUT2D eigenvalue weighted by atomic mass is 10.1. The zero-order valence-corrected chi connectivity index (χ0v) is 18.7. The lowest BCUT2D eigenvalue weighted by Crippen LogP contribution is -2.41. The fourth-order valence-corrected chi connectivity index (χ4v) is 5.02. The normalized spacial score (nSPS) is 12.9. The minimum absolute atomic E-state index is 0.0466. The summed E-state index contributed by atoms with van der Waals surface area (Å²) in [5.41, 5.74) is 2.82. The fourth-order valence-electron chi connectivity index (χ4n) is 3.69. The summed E-state index contributed by atoms with van der Waals surface area (Å²) < 4.78 is 29.7. The Morgan fingerprint density at radius 1 is 1.00 bits per heavy atom. The molecule has 160 valence electrons. The molecule has 0 bridgehead atoms. The largest absolute Gasteiger partial charge is 0.341 e. The molecule has 1 aromatic heterocycles. The van der Waals surface area contributed by atoms with E-state index in [1.807, 2.05) is 30.3 Å². The fraction of sp³-hybridized carbons (Fsp3) is 0.174. The zero-order chi connectivity index (χ0) is 22.2. The van der Waals surface area contributed by atoms with E-state index in [4.69, 9.17) is 11.6 Å². The van der Waals surface area contributed by atoms with Crippen LogP contribution in [0.4, 0.5) is 5.69 Å². The monoisotopic (exact) mass is 455 g/mol. The summed E-state index contributed by atoms with van der Waals surface area (Å²) in [7, 11) is -3.85. The van der Waals surface area contributed by atoms with Gasteiger partial charge in [0.1, 0.15) is 0 Å². The molecule has 0 aliphatic rings. The third-order valence-corrected chi connectivity index (χ3v) is 7.01. The molecule has 0 saturated heterocycles. The summed E-state index contributed by atoms with van der Waals surface area (Å²) in [6.07, 6.45) is 0. The Labute approximate surface area is 185 Å². The van der Waals surface area contributed by atoms with Gasteiger partial charge in [-0.3, -0.25) is 4.79 Å². The molecule has 4 rings (SSSR count). The molecular weight excluding hydrogens is 434 g/mol. The maximum atomic E-state index is 12.7. The molecule has 1 amide bonds. The molecular formula is C23H22ClN3O3S. The van der Waals surface area contributed by atoms with Gasteiger partial charge in [-0.15, -0.1) is 0 Å². The van der Waals surface area contributed by atoms with E-state index in [1.165, 1.54) is 31.2 Å². The second-order valence-corrected chi connectivity index (χ2v) is 9.43. The van der Waals surface area contributed by atoms with Gasteiger partial charge in [0, 0.05) is 39.1 Å². The van der Waals surface area contributed by atoms with E-state index in [9.17, 15) is 13.2 Å². The van der Waals surface area contributed by atoms with Crippen LogP contribution in [-0.4, -0.2) is 24.9 Å². The summed E-state index contributed by atoms with van der Waals surface area (Å²) in [4.78, 5) is 12.7. The van der Waals surface area contributed by atoms with Crippen molar-refractivity contribution >= 4 is 55.0 Å². The molecule has 0 aliphatic heterocycles. The van der Waals surface area contributed by atoms with Crippen molar-refractivity contribution in [2.75, 3.05) is 5.32 Å². The van der Waals surface area contributed by atoms with Crippen LogP contribution in [0.15, 0.2) is 71.6 Å². The summed E-state index contributed by atoms with van der Waals surface area (Å²) in [5.74, 6) is -0.448. The predicted octanol–water partition coefficient (Wildman–Crippen LogP) is 4.77. The Morgan fingerprint density at radius 2 is 1.68 bits per heavy atom. The molecule has 0 spiro atoms. The summed E-state index contributed by atoms with van der Waals surface area (Å²) in [6, 6.07) is 18.6. The lowest BCUT2D eigenvalue weighted by Gasteiger charge is -2.15. The van der Waals surface area contributed by atoms with Gasteiger partial charge in [0.2, 0.25) is 15.9 Å². The van der Waals surface area contributed by atoms with Crippen LogP contribution in [0.5, 0.6) is 0 Å². The minimum atomic E-state index is -3.85. The Hall–Kier alpha value is -2.87. The van der Waals surface area contributed by atoms with Gasteiger partial charge in [-0.1, -0.05) is 29.8 Å². The topological polar surface area (TPSA) is 80.2 Å². The van der Waals surface area contributed by atoms with Gasteiger partial charge in [-0.2, -0.15) is 4.72 Å². The second kappa shape index (κ2) is 8.34. The highest BCUT2D eigenvalue weighted by atomic mass is 35.5. The van der Waals surface area contributed by atoms with Crippen molar-refractivity contribution in [3.63, 3.8) is 0 Å². The first-order valence-corrected chi connectivity index (χ1v) is 11.8. The van der Waals surface area contributed by atoms with E-state index in [1.54, 1.807) is 0 Å². The molecule has 1 atom stereocenters. The van der Waals surface area contributed by atoms with Crippen LogP contribution in [0, 0.1) is 0 Å². The SMILES string of the molecule is CCn1c2ccccc2c2cc(NC(=O)[C@@H](C)NS(=O)(=O)c3ccc(Cl)cc3)ccc21. The zero-order valence-electron chi connectivity index (χ0n) is 17.1. The number of nitrogens with one attached hydrogen (secondary N) is 2. The van der Waals surface area contributed by atoms with Crippen molar-refractivity contribution in [1.82, 2.24) is 9.29 Å². The number of carbonyl (C=O) groups excluding carboxylic acids is 1. The van der Waals surface area contributed by atoms with Gasteiger partial charge in [0.05, 0.1) is 10.9 Å². The van der Waals surface area contributed by atoms with Crippen LogP contribution in [0.2, 0.25) is 5.02 Å². The number of para-hydroxylation sites is 1. The summed E-state index contributed by atoms with van der Waals surface area (Å²) in [6.45, 7) is 4.43. The number of hydrogen-bond donors (Lipinski definition) is 2. The highest BCUT2D eigenvalue weighted by Gasteiger charge is 2.22. The third-order valence-electron chi connectivity index (χ3n) is 5.21. The van der Waals surface area contributed by atoms with Crippen LogP contribution >= 0.6 is 11.6 Å². The number of amides is 1. The number of carbonyl (C=O) groups is 1. The quantitative estimate of drug-likeness (QED) is 0.439. The Kier molecular flexibility index (Phi) is 5.75. The number of hydrogen-bond acceptors (Lipinski definition) is 3. The molecule has 2 N–H and O–H groups in total. The van der Waals surface area contributed by atoms with E-state index >= 15 is 0 Å². The first-order chi connectivity index (χ1) is 14.8. The second-order valence-electron chi connectivity index (χ2n) is 7.28. The van der Waals surface area contributed by atoms with Gasteiger partial charge in [-0.25, -0.2) is 8.42 Å². The highest BCUT2D eigenvalue weighted by molar-refractivity contribution is 7.89. The van der Waals surface area contributed by atoms with Crippen molar-refractivity contribution in [3.8, 4) is 0 Å².